The Morgan fingerprint density at radius 2 is 2.00 bits per heavy atom. The number of benzene rings is 1. The highest BCUT2D eigenvalue weighted by Crippen LogP contribution is 2.34. The minimum atomic E-state index is -3.37. The molecule has 0 unspecified atom stereocenters. The summed E-state index contributed by atoms with van der Waals surface area (Å²) in [5, 5.41) is 2.65. The van der Waals surface area contributed by atoms with Crippen molar-refractivity contribution < 1.29 is 22.7 Å². The smallest absolute Gasteiger partial charge is 0.231 e. The summed E-state index contributed by atoms with van der Waals surface area (Å²) >= 11 is 7.01. The molecule has 0 bridgehead atoms. The van der Waals surface area contributed by atoms with E-state index in [1.807, 2.05) is 0 Å². The Balaban J connectivity index is 1.53. The van der Waals surface area contributed by atoms with Gasteiger partial charge in [-0.3, -0.25) is 4.79 Å². The highest BCUT2D eigenvalue weighted by molar-refractivity contribution is 7.90. The SMILES string of the molecule is O=C(CCS(=O)(=O)Cc1ccc(Cl)s1)Nc1ccc2c(c1)OCO2. The van der Waals surface area contributed by atoms with Crippen LogP contribution in [0.25, 0.3) is 0 Å². The summed E-state index contributed by atoms with van der Waals surface area (Å²) in [4.78, 5) is 12.6. The van der Waals surface area contributed by atoms with Crippen LogP contribution < -0.4 is 14.8 Å². The summed E-state index contributed by atoms with van der Waals surface area (Å²) in [6.45, 7) is 0.151. The Labute approximate surface area is 148 Å². The van der Waals surface area contributed by atoms with Gasteiger partial charge in [-0.05, 0) is 24.3 Å². The molecular formula is C15H14ClNO5S2. The molecule has 0 radical (unpaired) electrons. The third kappa shape index (κ3) is 4.40. The van der Waals surface area contributed by atoms with Crippen molar-refractivity contribution >= 4 is 44.4 Å². The Bertz CT molecular complexity index is 862. The van der Waals surface area contributed by atoms with E-state index in [-0.39, 0.29) is 30.6 Å². The van der Waals surface area contributed by atoms with Crippen molar-refractivity contribution in [3.05, 3.63) is 39.5 Å². The van der Waals surface area contributed by atoms with Crippen LogP contribution in [0.1, 0.15) is 11.3 Å². The van der Waals surface area contributed by atoms with Crippen LogP contribution in [0.4, 0.5) is 5.69 Å². The van der Waals surface area contributed by atoms with Crippen LogP contribution in [0.3, 0.4) is 0 Å². The molecule has 1 aliphatic rings. The molecule has 0 saturated carbocycles. The van der Waals surface area contributed by atoms with Crippen molar-refractivity contribution in [2.24, 2.45) is 0 Å². The van der Waals surface area contributed by atoms with E-state index in [1.54, 1.807) is 30.3 Å². The number of halogens is 1. The highest BCUT2D eigenvalue weighted by atomic mass is 35.5. The number of carbonyl (C=O) groups is 1. The summed E-state index contributed by atoms with van der Waals surface area (Å²) in [6.07, 6.45) is -0.115. The Hall–Kier alpha value is -1.77. The minimum Gasteiger partial charge on any atom is -0.454 e. The lowest BCUT2D eigenvalue weighted by molar-refractivity contribution is -0.115. The first-order chi connectivity index (χ1) is 11.4. The molecule has 0 fully saturated rings. The molecule has 3 rings (SSSR count). The van der Waals surface area contributed by atoms with Crippen molar-refractivity contribution in [3.63, 3.8) is 0 Å². The Morgan fingerprint density at radius 1 is 1.21 bits per heavy atom. The predicted molar refractivity (Wildman–Crippen MR) is 92.6 cm³/mol. The number of thiophene rings is 1. The third-order valence-electron chi connectivity index (χ3n) is 3.29. The number of ether oxygens (including phenoxy) is 2. The van der Waals surface area contributed by atoms with E-state index >= 15 is 0 Å². The normalized spacial score (nSPS) is 13.0. The number of rotatable bonds is 6. The standard InChI is InChI=1S/C15H14ClNO5S2/c16-14-4-2-11(23-14)8-24(19,20)6-5-15(18)17-10-1-3-12-13(7-10)22-9-21-12/h1-4,7H,5-6,8-9H2,(H,17,18). The number of hydrogen-bond donors (Lipinski definition) is 1. The molecule has 0 saturated heterocycles. The first-order valence-electron chi connectivity index (χ1n) is 7.05. The molecule has 6 nitrogen and oxygen atoms in total. The Morgan fingerprint density at radius 3 is 2.75 bits per heavy atom. The Kier molecular flexibility index (Phi) is 4.98. The fourth-order valence-corrected chi connectivity index (χ4v) is 4.99. The molecule has 0 atom stereocenters. The predicted octanol–water partition coefficient (Wildman–Crippen LogP) is 3.07. The van der Waals surface area contributed by atoms with Gasteiger partial charge in [0.15, 0.2) is 21.3 Å². The van der Waals surface area contributed by atoms with Crippen LogP contribution in [0, 0.1) is 0 Å². The van der Waals surface area contributed by atoms with Gasteiger partial charge in [-0.25, -0.2) is 8.42 Å². The lowest BCUT2D eigenvalue weighted by atomic mass is 10.2. The molecule has 0 spiro atoms. The monoisotopic (exact) mass is 387 g/mol. The van der Waals surface area contributed by atoms with Gasteiger partial charge in [-0.15, -0.1) is 11.3 Å². The van der Waals surface area contributed by atoms with Gasteiger partial charge in [0.05, 0.1) is 15.8 Å². The van der Waals surface area contributed by atoms with E-state index in [0.717, 1.165) is 0 Å². The van der Waals surface area contributed by atoms with Gasteiger partial charge in [-0.1, -0.05) is 11.6 Å². The summed E-state index contributed by atoms with van der Waals surface area (Å²) in [6, 6.07) is 8.34. The van der Waals surface area contributed by atoms with E-state index in [9.17, 15) is 13.2 Å². The molecule has 24 heavy (non-hydrogen) atoms. The van der Waals surface area contributed by atoms with Crippen molar-refractivity contribution in [1.29, 1.82) is 0 Å². The number of fused-ring (bicyclic) bond motifs is 1. The maximum atomic E-state index is 12.1. The number of nitrogens with one attached hydrogen (secondary N) is 1. The first kappa shape index (κ1) is 17.1. The van der Waals surface area contributed by atoms with Crippen LogP contribution >= 0.6 is 22.9 Å². The number of hydrogen-bond acceptors (Lipinski definition) is 6. The molecule has 1 amide bonds. The molecule has 9 heteroatoms. The first-order valence-corrected chi connectivity index (χ1v) is 10.1. The van der Waals surface area contributed by atoms with Crippen molar-refractivity contribution in [3.8, 4) is 11.5 Å². The third-order valence-corrected chi connectivity index (χ3v) is 6.28. The largest absolute Gasteiger partial charge is 0.454 e. The van der Waals surface area contributed by atoms with Crippen LogP contribution in [0.15, 0.2) is 30.3 Å². The molecule has 1 aliphatic heterocycles. The van der Waals surface area contributed by atoms with Crippen molar-refractivity contribution in [2.45, 2.75) is 12.2 Å². The van der Waals surface area contributed by atoms with Gasteiger partial charge in [0.2, 0.25) is 12.7 Å². The van der Waals surface area contributed by atoms with Gasteiger partial charge in [0, 0.05) is 23.1 Å². The van der Waals surface area contributed by atoms with Gasteiger partial charge < -0.3 is 14.8 Å². The summed E-state index contributed by atoms with van der Waals surface area (Å²) in [5.74, 6) is 0.461. The van der Waals surface area contributed by atoms with E-state index in [4.69, 9.17) is 21.1 Å². The molecule has 128 valence electrons. The summed E-state index contributed by atoms with van der Waals surface area (Å²) < 4.78 is 35.1. The number of sulfone groups is 1. The van der Waals surface area contributed by atoms with Crippen molar-refractivity contribution in [2.75, 3.05) is 17.9 Å². The van der Waals surface area contributed by atoms with Crippen LogP contribution in [0.2, 0.25) is 4.34 Å². The average Bonchev–Trinajstić information content (AvgIpc) is 3.13. The molecule has 1 aromatic carbocycles. The molecule has 2 heterocycles. The zero-order chi connectivity index (χ0) is 17.2. The van der Waals surface area contributed by atoms with E-state index in [2.05, 4.69) is 5.32 Å². The highest BCUT2D eigenvalue weighted by Gasteiger charge is 2.17. The van der Waals surface area contributed by atoms with Crippen LogP contribution in [0.5, 0.6) is 11.5 Å². The fourth-order valence-electron chi connectivity index (χ4n) is 2.16. The fraction of sp³-hybridized carbons (Fsp3) is 0.267. The van der Waals surface area contributed by atoms with Crippen LogP contribution in [-0.4, -0.2) is 26.9 Å². The van der Waals surface area contributed by atoms with Gasteiger partial charge in [0.25, 0.3) is 0 Å². The zero-order valence-corrected chi connectivity index (χ0v) is 14.8. The second-order valence-corrected chi connectivity index (χ2v) is 9.15. The average molecular weight is 388 g/mol. The molecule has 1 aromatic heterocycles. The molecule has 1 N–H and O–H groups in total. The number of carbonyl (C=O) groups excluding carboxylic acids is 1. The van der Waals surface area contributed by atoms with E-state index < -0.39 is 9.84 Å². The zero-order valence-electron chi connectivity index (χ0n) is 12.5. The van der Waals surface area contributed by atoms with E-state index in [1.165, 1.54) is 11.3 Å². The molecular weight excluding hydrogens is 374 g/mol. The van der Waals surface area contributed by atoms with Crippen molar-refractivity contribution in [1.82, 2.24) is 0 Å². The maximum Gasteiger partial charge on any atom is 0.231 e. The maximum absolute atomic E-state index is 12.1. The minimum absolute atomic E-state index is 0.109. The topological polar surface area (TPSA) is 81.7 Å². The van der Waals surface area contributed by atoms with Gasteiger partial charge in [-0.2, -0.15) is 0 Å². The number of amides is 1. The second kappa shape index (κ2) is 7.00. The quantitative estimate of drug-likeness (QED) is 0.823. The van der Waals surface area contributed by atoms with Gasteiger partial charge >= 0.3 is 0 Å². The second-order valence-electron chi connectivity index (χ2n) is 5.16. The van der Waals surface area contributed by atoms with Gasteiger partial charge in [0.1, 0.15) is 0 Å². The molecule has 0 aliphatic carbocycles. The summed E-state index contributed by atoms with van der Waals surface area (Å²) in [5.41, 5.74) is 0.534. The molecule has 2 aromatic rings. The summed E-state index contributed by atoms with van der Waals surface area (Å²) in [7, 11) is -3.37. The lowest BCUT2D eigenvalue weighted by Gasteiger charge is -2.06. The number of anilines is 1. The lowest BCUT2D eigenvalue weighted by Crippen LogP contribution is -2.18. The van der Waals surface area contributed by atoms with E-state index in [0.29, 0.717) is 26.4 Å². The van der Waals surface area contributed by atoms with Crippen LogP contribution in [-0.2, 0) is 20.4 Å².